The zero-order valence-corrected chi connectivity index (χ0v) is 8.89. The summed E-state index contributed by atoms with van der Waals surface area (Å²) in [5, 5.41) is 0. The number of ether oxygens (including phenoxy) is 1. The molecule has 74 valence electrons. The minimum absolute atomic E-state index is 0.212. The highest BCUT2D eigenvalue weighted by Gasteiger charge is 2.30. The fourth-order valence-electron chi connectivity index (χ4n) is 1.83. The van der Waals surface area contributed by atoms with Crippen LogP contribution >= 0.6 is 0 Å². The number of hydrogen-bond donors (Lipinski definition) is 0. The Labute approximate surface area is 80.0 Å². The molecular formula is C11H18O2. The average molecular weight is 182 g/mol. The molecular weight excluding hydrogens is 164 g/mol. The summed E-state index contributed by atoms with van der Waals surface area (Å²) in [4.78, 5) is 10.8. The lowest BCUT2D eigenvalue weighted by molar-refractivity contribution is -0.136. The van der Waals surface area contributed by atoms with Crippen molar-refractivity contribution in [3.8, 4) is 0 Å². The molecule has 0 aliphatic heterocycles. The van der Waals surface area contributed by atoms with E-state index in [2.05, 4.69) is 13.8 Å². The van der Waals surface area contributed by atoms with Crippen LogP contribution in [0.15, 0.2) is 11.3 Å². The summed E-state index contributed by atoms with van der Waals surface area (Å²) in [6.45, 7) is 7.66. The van der Waals surface area contributed by atoms with Crippen molar-refractivity contribution < 1.29 is 9.53 Å². The van der Waals surface area contributed by atoms with Crippen molar-refractivity contribution in [2.24, 2.45) is 11.8 Å². The Hall–Kier alpha value is -0.790. The maximum Gasteiger partial charge on any atom is 0.307 e. The van der Waals surface area contributed by atoms with E-state index in [1.165, 1.54) is 25.3 Å². The van der Waals surface area contributed by atoms with Gasteiger partial charge in [-0.3, -0.25) is 4.79 Å². The number of esters is 1. The largest absolute Gasteiger partial charge is 0.432 e. The molecule has 0 unspecified atom stereocenters. The molecule has 0 spiro atoms. The van der Waals surface area contributed by atoms with Gasteiger partial charge in [-0.15, -0.1) is 0 Å². The van der Waals surface area contributed by atoms with Crippen LogP contribution < -0.4 is 0 Å². The molecule has 0 heterocycles. The second-order valence-electron chi connectivity index (χ2n) is 4.03. The van der Waals surface area contributed by atoms with Gasteiger partial charge in [-0.2, -0.15) is 0 Å². The quantitative estimate of drug-likeness (QED) is 0.495. The molecule has 0 aromatic rings. The van der Waals surface area contributed by atoms with Crippen molar-refractivity contribution in [1.29, 1.82) is 0 Å². The SMILES string of the molecule is CC(=O)O/C(C)=C(/C(C)C)C1CC1. The molecule has 0 aromatic heterocycles. The Morgan fingerprint density at radius 2 is 1.85 bits per heavy atom. The van der Waals surface area contributed by atoms with Crippen molar-refractivity contribution in [3.05, 3.63) is 11.3 Å². The number of rotatable bonds is 3. The van der Waals surface area contributed by atoms with Crippen molar-refractivity contribution in [2.45, 2.75) is 40.5 Å². The van der Waals surface area contributed by atoms with Gasteiger partial charge in [0.25, 0.3) is 0 Å². The van der Waals surface area contributed by atoms with E-state index in [4.69, 9.17) is 4.74 Å². The van der Waals surface area contributed by atoms with Gasteiger partial charge < -0.3 is 4.74 Å². The lowest BCUT2D eigenvalue weighted by Crippen LogP contribution is -2.05. The first-order valence-electron chi connectivity index (χ1n) is 4.91. The molecule has 0 bridgehead atoms. The van der Waals surface area contributed by atoms with E-state index in [0.29, 0.717) is 11.8 Å². The normalized spacial score (nSPS) is 18.5. The summed E-state index contributed by atoms with van der Waals surface area (Å²) in [5.74, 6) is 1.78. The summed E-state index contributed by atoms with van der Waals surface area (Å²) in [6, 6.07) is 0. The number of allylic oxidation sites excluding steroid dienone is 2. The fourth-order valence-corrected chi connectivity index (χ4v) is 1.83. The molecule has 1 aliphatic carbocycles. The Morgan fingerprint density at radius 1 is 1.31 bits per heavy atom. The Balaban J connectivity index is 2.74. The van der Waals surface area contributed by atoms with Gasteiger partial charge in [0.1, 0.15) is 5.76 Å². The van der Waals surface area contributed by atoms with Crippen molar-refractivity contribution in [2.75, 3.05) is 0 Å². The number of carbonyl (C=O) groups is 1. The van der Waals surface area contributed by atoms with Gasteiger partial charge in [-0.25, -0.2) is 0 Å². The molecule has 1 rings (SSSR count). The van der Waals surface area contributed by atoms with Crippen LogP contribution in [0, 0.1) is 11.8 Å². The van der Waals surface area contributed by atoms with Gasteiger partial charge >= 0.3 is 5.97 Å². The van der Waals surface area contributed by atoms with E-state index >= 15 is 0 Å². The summed E-state index contributed by atoms with van der Waals surface area (Å²) >= 11 is 0. The van der Waals surface area contributed by atoms with Crippen molar-refractivity contribution in [1.82, 2.24) is 0 Å². The Kier molecular flexibility index (Phi) is 3.12. The summed E-state index contributed by atoms with van der Waals surface area (Å²) in [7, 11) is 0. The van der Waals surface area contributed by atoms with Crippen LogP contribution in [-0.4, -0.2) is 5.97 Å². The Bertz CT molecular complexity index is 230. The average Bonchev–Trinajstić information content (AvgIpc) is 2.68. The minimum atomic E-state index is -0.212. The highest BCUT2D eigenvalue weighted by Crippen LogP contribution is 2.41. The minimum Gasteiger partial charge on any atom is -0.432 e. The van der Waals surface area contributed by atoms with Gasteiger partial charge in [0.05, 0.1) is 0 Å². The van der Waals surface area contributed by atoms with Gasteiger partial charge in [0, 0.05) is 6.92 Å². The van der Waals surface area contributed by atoms with Gasteiger partial charge in [-0.1, -0.05) is 13.8 Å². The lowest BCUT2D eigenvalue weighted by atomic mass is 9.97. The molecule has 1 fully saturated rings. The highest BCUT2D eigenvalue weighted by atomic mass is 16.5. The predicted octanol–water partition coefficient (Wildman–Crippen LogP) is 2.89. The summed E-state index contributed by atoms with van der Waals surface area (Å²) in [5.41, 5.74) is 1.33. The lowest BCUT2D eigenvalue weighted by Gasteiger charge is -2.14. The summed E-state index contributed by atoms with van der Waals surface area (Å²) in [6.07, 6.45) is 2.51. The molecule has 0 N–H and O–H groups in total. The first kappa shape index (κ1) is 10.3. The molecule has 1 saturated carbocycles. The molecule has 0 saturated heterocycles. The molecule has 1 aliphatic rings. The number of carbonyl (C=O) groups excluding carboxylic acids is 1. The zero-order chi connectivity index (χ0) is 10.0. The first-order chi connectivity index (χ1) is 6.02. The second-order valence-corrected chi connectivity index (χ2v) is 4.03. The van der Waals surface area contributed by atoms with Gasteiger partial charge in [0.15, 0.2) is 0 Å². The maximum absolute atomic E-state index is 10.8. The van der Waals surface area contributed by atoms with Crippen LogP contribution in [-0.2, 0) is 9.53 Å². The van der Waals surface area contributed by atoms with Crippen molar-refractivity contribution in [3.63, 3.8) is 0 Å². The van der Waals surface area contributed by atoms with Gasteiger partial charge in [0.2, 0.25) is 0 Å². The third kappa shape index (κ3) is 2.87. The van der Waals surface area contributed by atoms with E-state index in [1.807, 2.05) is 6.92 Å². The van der Waals surface area contributed by atoms with Crippen LogP contribution in [0.1, 0.15) is 40.5 Å². The van der Waals surface area contributed by atoms with Crippen LogP contribution in [0.25, 0.3) is 0 Å². The zero-order valence-electron chi connectivity index (χ0n) is 8.89. The number of hydrogen-bond acceptors (Lipinski definition) is 2. The third-order valence-electron chi connectivity index (χ3n) is 2.34. The van der Waals surface area contributed by atoms with E-state index < -0.39 is 0 Å². The summed E-state index contributed by atoms with van der Waals surface area (Å²) < 4.78 is 5.12. The molecule has 0 amide bonds. The van der Waals surface area contributed by atoms with Crippen LogP contribution in [0.4, 0.5) is 0 Å². The molecule has 2 nitrogen and oxygen atoms in total. The van der Waals surface area contributed by atoms with E-state index in [-0.39, 0.29) is 5.97 Å². The predicted molar refractivity (Wildman–Crippen MR) is 52.0 cm³/mol. The highest BCUT2D eigenvalue weighted by molar-refractivity contribution is 5.67. The van der Waals surface area contributed by atoms with E-state index in [1.54, 1.807) is 0 Å². The monoisotopic (exact) mass is 182 g/mol. The van der Waals surface area contributed by atoms with Crippen molar-refractivity contribution >= 4 is 5.97 Å². The van der Waals surface area contributed by atoms with Crippen LogP contribution in [0.5, 0.6) is 0 Å². The molecule has 0 aromatic carbocycles. The maximum atomic E-state index is 10.8. The Morgan fingerprint density at radius 3 is 2.15 bits per heavy atom. The molecule has 0 radical (unpaired) electrons. The van der Waals surface area contributed by atoms with Crippen LogP contribution in [0.2, 0.25) is 0 Å². The second kappa shape index (κ2) is 3.95. The van der Waals surface area contributed by atoms with Crippen LogP contribution in [0.3, 0.4) is 0 Å². The standard InChI is InChI=1S/C11H18O2/c1-7(2)11(10-5-6-10)8(3)13-9(4)12/h7,10H,5-6H2,1-4H3/b11-8-. The first-order valence-corrected chi connectivity index (χ1v) is 4.91. The smallest absolute Gasteiger partial charge is 0.307 e. The van der Waals surface area contributed by atoms with E-state index in [0.717, 1.165) is 5.76 Å². The fraction of sp³-hybridized carbons (Fsp3) is 0.727. The third-order valence-corrected chi connectivity index (χ3v) is 2.34. The molecule has 13 heavy (non-hydrogen) atoms. The molecule has 0 atom stereocenters. The molecule has 2 heteroatoms. The topological polar surface area (TPSA) is 26.3 Å². The van der Waals surface area contributed by atoms with E-state index in [9.17, 15) is 4.79 Å². The van der Waals surface area contributed by atoms with Gasteiger partial charge in [-0.05, 0) is 37.2 Å².